The Hall–Kier alpha value is -1.73. The van der Waals surface area contributed by atoms with Gasteiger partial charge in [0.2, 0.25) is 11.8 Å². The lowest BCUT2D eigenvalue weighted by molar-refractivity contribution is 0.356. The van der Waals surface area contributed by atoms with Crippen molar-refractivity contribution in [1.29, 1.82) is 0 Å². The average molecular weight is 294 g/mol. The average Bonchev–Trinajstić information content (AvgIpc) is 3.02. The highest BCUT2D eigenvalue weighted by atomic mass is 32.1. The number of nitrogens with zero attached hydrogens (tertiary/aromatic N) is 3. The molecule has 0 saturated heterocycles. The van der Waals surface area contributed by atoms with Gasteiger partial charge in [0.05, 0.1) is 25.8 Å². The van der Waals surface area contributed by atoms with Crippen molar-refractivity contribution in [2.45, 2.75) is 25.9 Å². The van der Waals surface area contributed by atoms with Gasteiger partial charge in [0.1, 0.15) is 11.3 Å². The second-order valence-corrected chi connectivity index (χ2v) is 5.01. The number of hydrogen-bond acceptors (Lipinski definition) is 7. The third kappa shape index (κ3) is 3.23. The Morgan fingerprint density at radius 3 is 2.40 bits per heavy atom. The van der Waals surface area contributed by atoms with Crippen molar-refractivity contribution >= 4 is 11.3 Å². The van der Waals surface area contributed by atoms with Gasteiger partial charge in [-0.1, -0.05) is 6.92 Å². The molecule has 20 heavy (non-hydrogen) atoms. The van der Waals surface area contributed by atoms with E-state index >= 15 is 0 Å². The summed E-state index contributed by atoms with van der Waals surface area (Å²) in [6.07, 6.45) is 4.20. The quantitative estimate of drug-likeness (QED) is 0.844. The van der Waals surface area contributed by atoms with Crippen LogP contribution < -0.4 is 14.8 Å². The number of hydrogen-bond donors (Lipinski definition) is 1. The van der Waals surface area contributed by atoms with E-state index in [1.165, 1.54) is 6.33 Å². The monoisotopic (exact) mass is 294 g/mol. The molecule has 0 aliphatic rings. The van der Waals surface area contributed by atoms with E-state index < -0.39 is 0 Å². The van der Waals surface area contributed by atoms with Crippen molar-refractivity contribution in [3.8, 4) is 11.8 Å². The summed E-state index contributed by atoms with van der Waals surface area (Å²) in [6, 6.07) is 0.199. The van der Waals surface area contributed by atoms with E-state index in [1.54, 1.807) is 25.6 Å². The van der Waals surface area contributed by atoms with E-state index in [1.807, 2.05) is 11.6 Å². The van der Waals surface area contributed by atoms with E-state index in [0.29, 0.717) is 18.3 Å². The lowest BCUT2D eigenvalue weighted by Crippen LogP contribution is -2.21. The lowest BCUT2D eigenvalue weighted by Gasteiger charge is -2.16. The first-order valence-electron chi connectivity index (χ1n) is 6.34. The Morgan fingerprint density at radius 2 is 1.90 bits per heavy atom. The molecule has 2 rings (SSSR count). The van der Waals surface area contributed by atoms with E-state index in [0.717, 1.165) is 17.0 Å². The van der Waals surface area contributed by atoms with E-state index in [2.05, 4.69) is 27.2 Å². The Morgan fingerprint density at radius 1 is 1.20 bits per heavy atom. The summed E-state index contributed by atoms with van der Waals surface area (Å²) in [6.45, 7) is 2.68. The van der Waals surface area contributed by atoms with E-state index in [-0.39, 0.29) is 6.04 Å². The van der Waals surface area contributed by atoms with E-state index in [9.17, 15) is 0 Å². The minimum Gasteiger partial charge on any atom is -0.481 e. The fraction of sp³-hybridized carbons (Fsp3) is 0.462. The number of aromatic nitrogens is 3. The Balaban J connectivity index is 2.13. The Kier molecular flexibility index (Phi) is 5.25. The van der Waals surface area contributed by atoms with Gasteiger partial charge in [-0.3, -0.25) is 0 Å². The molecule has 1 atom stereocenters. The van der Waals surface area contributed by atoms with Crippen LogP contribution in [-0.2, 0) is 6.54 Å². The van der Waals surface area contributed by atoms with Crippen molar-refractivity contribution in [1.82, 2.24) is 20.3 Å². The summed E-state index contributed by atoms with van der Waals surface area (Å²) in [4.78, 5) is 12.6. The van der Waals surface area contributed by atoms with Crippen LogP contribution in [0.25, 0.3) is 0 Å². The zero-order valence-electron chi connectivity index (χ0n) is 11.8. The molecule has 0 spiro atoms. The molecule has 7 heteroatoms. The molecular weight excluding hydrogens is 276 g/mol. The molecule has 2 aromatic heterocycles. The number of thiazole rings is 1. The van der Waals surface area contributed by atoms with E-state index in [4.69, 9.17) is 9.47 Å². The van der Waals surface area contributed by atoms with Gasteiger partial charge in [-0.2, -0.15) is 0 Å². The summed E-state index contributed by atoms with van der Waals surface area (Å²) in [5, 5.41) is 6.50. The first-order valence-corrected chi connectivity index (χ1v) is 7.22. The standard InChI is InChI=1S/C13H18N4O2S/c1-4-10(13-14-5-6-20-13)15-7-9-11(18-2)16-8-17-12(9)19-3/h5-6,8,10,15H,4,7H2,1-3H3. The maximum atomic E-state index is 5.26. The highest BCUT2D eigenvalue weighted by Gasteiger charge is 2.16. The summed E-state index contributed by atoms with van der Waals surface area (Å²) in [5.41, 5.74) is 0.813. The highest BCUT2D eigenvalue weighted by Crippen LogP contribution is 2.25. The molecule has 2 aromatic rings. The number of nitrogens with one attached hydrogen (secondary N) is 1. The fourth-order valence-corrected chi connectivity index (χ4v) is 2.72. The van der Waals surface area contributed by atoms with Gasteiger partial charge in [-0.05, 0) is 6.42 Å². The SMILES string of the molecule is CCC(NCc1c(OC)ncnc1OC)c1nccs1. The molecular formula is C13H18N4O2S. The van der Waals surface area contributed by atoms with Crippen LogP contribution in [-0.4, -0.2) is 29.2 Å². The molecule has 0 aliphatic heterocycles. The van der Waals surface area contributed by atoms with Crippen LogP contribution >= 0.6 is 11.3 Å². The van der Waals surface area contributed by atoms with Crippen LogP contribution in [0.15, 0.2) is 17.9 Å². The fourth-order valence-electron chi connectivity index (χ4n) is 1.92. The second-order valence-electron chi connectivity index (χ2n) is 4.08. The van der Waals surface area contributed by atoms with Gasteiger partial charge in [-0.15, -0.1) is 11.3 Å². The van der Waals surface area contributed by atoms with Crippen molar-refractivity contribution in [3.63, 3.8) is 0 Å². The maximum Gasteiger partial charge on any atom is 0.224 e. The minimum absolute atomic E-state index is 0.199. The van der Waals surface area contributed by atoms with Crippen molar-refractivity contribution in [2.75, 3.05) is 14.2 Å². The molecule has 0 aromatic carbocycles. The smallest absolute Gasteiger partial charge is 0.224 e. The predicted octanol–water partition coefficient (Wildman–Crippen LogP) is 2.19. The van der Waals surface area contributed by atoms with Crippen molar-refractivity contribution < 1.29 is 9.47 Å². The van der Waals surface area contributed by atoms with Gasteiger partial charge in [-0.25, -0.2) is 15.0 Å². The molecule has 1 N–H and O–H groups in total. The second kappa shape index (κ2) is 7.16. The van der Waals surface area contributed by atoms with Crippen LogP contribution in [0.5, 0.6) is 11.8 Å². The van der Waals surface area contributed by atoms with Crippen molar-refractivity contribution in [3.05, 3.63) is 28.5 Å². The highest BCUT2D eigenvalue weighted by molar-refractivity contribution is 7.09. The Labute approximate surface area is 122 Å². The molecule has 1 unspecified atom stereocenters. The normalized spacial score (nSPS) is 12.2. The number of rotatable bonds is 7. The third-order valence-electron chi connectivity index (χ3n) is 2.94. The summed E-state index contributed by atoms with van der Waals surface area (Å²) < 4.78 is 10.5. The minimum atomic E-state index is 0.199. The number of ether oxygens (including phenoxy) is 2. The van der Waals surface area contributed by atoms with Crippen LogP contribution in [0.3, 0.4) is 0 Å². The van der Waals surface area contributed by atoms with Crippen LogP contribution in [0.4, 0.5) is 0 Å². The maximum absolute atomic E-state index is 5.26. The predicted molar refractivity (Wildman–Crippen MR) is 77.1 cm³/mol. The molecule has 0 radical (unpaired) electrons. The van der Waals surface area contributed by atoms with Crippen LogP contribution in [0.2, 0.25) is 0 Å². The number of methoxy groups -OCH3 is 2. The van der Waals surface area contributed by atoms with Gasteiger partial charge in [0.15, 0.2) is 0 Å². The molecule has 0 fully saturated rings. The largest absolute Gasteiger partial charge is 0.481 e. The Bertz CT molecular complexity index is 511. The summed E-state index contributed by atoms with van der Waals surface area (Å²) >= 11 is 1.64. The molecule has 0 saturated carbocycles. The van der Waals surface area contributed by atoms with Gasteiger partial charge in [0, 0.05) is 18.1 Å². The zero-order chi connectivity index (χ0) is 14.4. The first kappa shape index (κ1) is 14.7. The van der Waals surface area contributed by atoms with Crippen molar-refractivity contribution in [2.24, 2.45) is 0 Å². The molecule has 2 heterocycles. The van der Waals surface area contributed by atoms with Crippen LogP contribution in [0, 0.1) is 0 Å². The van der Waals surface area contributed by atoms with Gasteiger partial charge < -0.3 is 14.8 Å². The topological polar surface area (TPSA) is 69.2 Å². The zero-order valence-corrected chi connectivity index (χ0v) is 12.6. The molecule has 0 aliphatic carbocycles. The van der Waals surface area contributed by atoms with Gasteiger partial charge in [0.25, 0.3) is 0 Å². The first-order chi connectivity index (χ1) is 9.80. The van der Waals surface area contributed by atoms with Gasteiger partial charge >= 0.3 is 0 Å². The molecule has 108 valence electrons. The molecule has 0 amide bonds. The molecule has 0 bridgehead atoms. The summed E-state index contributed by atoms with van der Waals surface area (Å²) in [7, 11) is 3.17. The summed E-state index contributed by atoms with van der Waals surface area (Å²) in [5.74, 6) is 1.05. The lowest BCUT2D eigenvalue weighted by atomic mass is 10.2. The van der Waals surface area contributed by atoms with Crippen LogP contribution in [0.1, 0.15) is 30.0 Å². The molecule has 6 nitrogen and oxygen atoms in total. The third-order valence-corrected chi connectivity index (χ3v) is 3.83.